The van der Waals surface area contributed by atoms with E-state index in [0.717, 1.165) is 0 Å². The number of rotatable bonds is 11. The zero-order valence-corrected chi connectivity index (χ0v) is 26.5. The van der Waals surface area contributed by atoms with Crippen molar-refractivity contribution in [1.29, 1.82) is 0 Å². The molecule has 1 aromatic carbocycles. The Morgan fingerprint density at radius 1 is 1.11 bits per heavy atom. The lowest BCUT2D eigenvalue weighted by Crippen LogP contribution is -2.27. The van der Waals surface area contributed by atoms with Gasteiger partial charge in [-0.05, 0) is 70.5 Å². The Labute approximate surface area is 270 Å². The second-order valence-electron chi connectivity index (χ2n) is 11.1. The second-order valence-corrected chi connectivity index (χ2v) is 11.5. The van der Waals surface area contributed by atoms with Gasteiger partial charge >= 0.3 is 6.09 Å². The first-order valence-electron chi connectivity index (χ1n) is 15.4. The largest absolute Gasteiger partial charge is 0.494 e. The van der Waals surface area contributed by atoms with Gasteiger partial charge < -0.3 is 24.8 Å². The standard InChI is InChI=1S/C31H37ClN8O5/c1-18(2)40-17-35-28(39-40)21-11-19(15-44-16-20-9-8-10-26(36-20)38-30(42)45-31(3,4)5)12-24(27(21)43-7)37-23-13-25(32)34-14-22(23)29(41)33-6/h8-14,17-18H,15-16H2,1-7H3,(H,33,41)(H,34,37)(H,36,38,42)/i6D3. The Bertz CT molecular complexity index is 1780. The average molecular weight is 640 g/mol. The molecule has 0 aliphatic rings. The monoisotopic (exact) mass is 639 g/mol. The van der Waals surface area contributed by atoms with Crippen molar-refractivity contribution in [1.82, 2.24) is 30.0 Å². The van der Waals surface area contributed by atoms with Crippen molar-refractivity contribution >= 4 is 40.8 Å². The Balaban J connectivity index is 1.65. The molecule has 2 amide bonds. The number of amides is 2. The number of hydrogen-bond donors (Lipinski definition) is 3. The van der Waals surface area contributed by atoms with Crippen molar-refractivity contribution in [2.45, 2.75) is 59.5 Å². The number of anilines is 3. The van der Waals surface area contributed by atoms with Crippen LogP contribution in [0.4, 0.5) is 22.0 Å². The number of methoxy groups -OCH3 is 1. The lowest BCUT2D eigenvalue weighted by molar-refractivity contribution is 0.0634. The van der Waals surface area contributed by atoms with Gasteiger partial charge in [0.1, 0.15) is 22.9 Å². The molecule has 0 spiro atoms. The quantitative estimate of drug-likeness (QED) is 0.163. The number of carbonyl (C=O) groups is 2. The van der Waals surface area contributed by atoms with Gasteiger partial charge in [0.15, 0.2) is 11.6 Å². The Morgan fingerprint density at radius 3 is 2.60 bits per heavy atom. The fourth-order valence-electron chi connectivity index (χ4n) is 4.14. The van der Waals surface area contributed by atoms with Crippen LogP contribution >= 0.6 is 11.6 Å². The van der Waals surface area contributed by atoms with Gasteiger partial charge in [0, 0.05) is 23.3 Å². The molecule has 0 bridgehead atoms. The molecular weight excluding hydrogens is 600 g/mol. The number of ether oxygens (including phenoxy) is 3. The Kier molecular flexibility index (Phi) is 9.25. The molecule has 0 saturated carbocycles. The second kappa shape index (κ2) is 14.4. The molecule has 4 rings (SSSR count). The smallest absolute Gasteiger partial charge is 0.413 e. The highest BCUT2D eigenvalue weighted by molar-refractivity contribution is 6.29. The van der Waals surface area contributed by atoms with Crippen molar-refractivity contribution in [3.8, 4) is 17.1 Å². The number of hydrogen-bond acceptors (Lipinski definition) is 10. The van der Waals surface area contributed by atoms with E-state index in [-0.39, 0.29) is 35.7 Å². The number of pyridine rings is 2. The number of aromatic nitrogens is 5. The van der Waals surface area contributed by atoms with Crippen LogP contribution < -0.4 is 20.7 Å². The highest BCUT2D eigenvalue weighted by Gasteiger charge is 2.21. The Hall–Kier alpha value is -4.75. The molecule has 0 fully saturated rings. The lowest BCUT2D eigenvalue weighted by Gasteiger charge is -2.19. The van der Waals surface area contributed by atoms with E-state index in [1.54, 1.807) is 56.0 Å². The molecule has 0 radical (unpaired) electrons. The topological polar surface area (TPSA) is 154 Å². The summed E-state index contributed by atoms with van der Waals surface area (Å²) in [5.41, 5.74) is 1.60. The van der Waals surface area contributed by atoms with Gasteiger partial charge in [-0.15, -0.1) is 0 Å². The molecule has 238 valence electrons. The van der Waals surface area contributed by atoms with Gasteiger partial charge in [-0.1, -0.05) is 17.7 Å². The Morgan fingerprint density at radius 2 is 1.91 bits per heavy atom. The van der Waals surface area contributed by atoms with Gasteiger partial charge in [0.05, 0.1) is 48.5 Å². The van der Waals surface area contributed by atoms with Crippen LogP contribution in [0.25, 0.3) is 11.4 Å². The molecule has 14 heteroatoms. The third-order valence-electron chi connectivity index (χ3n) is 6.08. The maximum Gasteiger partial charge on any atom is 0.413 e. The summed E-state index contributed by atoms with van der Waals surface area (Å²) in [4.78, 5) is 37.9. The van der Waals surface area contributed by atoms with E-state index in [4.69, 9.17) is 29.9 Å². The maximum atomic E-state index is 12.9. The minimum absolute atomic E-state index is 0.0488. The minimum atomic E-state index is -2.73. The van der Waals surface area contributed by atoms with Crippen LogP contribution in [0.1, 0.15) is 66.4 Å². The van der Waals surface area contributed by atoms with Crippen molar-refractivity contribution in [3.05, 3.63) is 70.9 Å². The average Bonchev–Trinajstić information content (AvgIpc) is 3.46. The summed E-state index contributed by atoms with van der Waals surface area (Å²) in [6, 6.07) is 10.1. The van der Waals surface area contributed by atoms with E-state index in [2.05, 4.69) is 30.7 Å². The van der Waals surface area contributed by atoms with E-state index in [9.17, 15) is 9.59 Å². The van der Waals surface area contributed by atoms with Crippen LogP contribution in [-0.4, -0.2) is 56.4 Å². The van der Waals surface area contributed by atoms with Crippen LogP contribution in [0.3, 0.4) is 0 Å². The summed E-state index contributed by atoms with van der Waals surface area (Å²) in [6.07, 6.45) is 2.16. The third kappa shape index (κ3) is 8.89. The molecule has 0 aliphatic heterocycles. The SMILES string of the molecule is [2H]C([2H])([2H])NC(=O)c1cnc(Cl)cc1Nc1cc(COCc2cccc(NC(=O)OC(C)(C)C)n2)cc(-c2ncn(C(C)C)n2)c1OC. The molecule has 4 aromatic rings. The predicted molar refractivity (Wildman–Crippen MR) is 171 cm³/mol. The van der Waals surface area contributed by atoms with Crippen LogP contribution in [-0.2, 0) is 22.7 Å². The van der Waals surface area contributed by atoms with Gasteiger partial charge in [-0.3, -0.25) is 10.1 Å². The van der Waals surface area contributed by atoms with Crippen molar-refractivity contribution in [2.75, 3.05) is 24.7 Å². The van der Waals surface area contributed by atoms with Gasteiger partial charge in [-0.25, -0.2) is 24.4 Å². The molecule has 0 atom stereocenters. The molecule has 0 saturated heterocycles. The van der Waals surface area contributed by atoms with E-state index in [1.807, 2.05) is 25.2 Å². The minimum Gasteiger partial charge on any atom is -0.494 e. The summed E-state index contributed by atoms with van der Waals surface area (Å²) in [6.45, 7) is 6.73. The van der Waals surface area contributed by atoms with Crippen molar-refractivity contribution in [2.24, 2.45) is 0 Å². The summed E-state index contributed by atoms with van der Waals surface area (Å²) in [5.74, 6) is 0.150. The van der Waals surface area contributed by atoms with Crippen LogP contribution in [0.15, 0.2) is 48.9 Å². The summed E-state index contributed by atoms with van der Waals surface area (Å²) in [5, 5.41) is 12.4. The van der Waals surface area contributed by atoms with E-state index >= 15 is 0 Å². The highest BCUT2D eigenvalue weighted by Crippen LogP contribution is 2.39. The molecule has 0 aliphatic carbocycles. The molecule has 3 heterocycles. The van der Waals surface area contributed by atoms with Crippen LogP contribution in [0.2, 0.25) is 5.15 Å². The highest BCUT2D eigenvalue weighted by atomic mass is 35.5. The summed E-state index contributed by atoms with van der Waals surface area (Å²) < 4.78 is 41.2. The zero-order chi connectivity index (χ0) is 35.2. The van der Waals surface area contributed by atoms with E-state index in [0.29, 0.717) is 39.9 Å². The summed E-state index contributed by atoms with van der Waals surface area (Å²) >= 11 is 6.18. The predicted octanol–water partition coefficient (Wildman–Crippen LogP) is 6.15. The van der Waals surface area contributed by atoms with Gasteiger partial charge in [0.2, 0.25) is 0 Å². The fourth-order valence-corrected chi connectivity index (χ4v) is 4.29. The maximum absolute atomic E-state index is 12.9. The first kappa shape index (κ1) is 29.0. The molecular formula is C31H37ClN8O5. The molecule has 3 aromatic heterocycles. The molecule has 3 N–H and O–H groups in total. The molecule has 45 heavy (non-hydrogen) atoms. The number of halogens is 1. The van der Waals surface area contributed by atoms with Gasteiger partial charge in [-0.2, -0.15) is 5.10 Å². The van der Waals surface area contributed by atoms with Crippen molar-refractivity contribution < 1.29 is 27.9 Å². The third-order valence-corrected chi connectivity index (χ3v) is 6.29. The summed E-state index contributed by atoms with van der Waals surface area (Å²) in [7, 11) is 1.48. The van der Waals surface area contributed by atoms with E-state index < -0.39 is 24.6 Å². The first-order valence-corrected chi connectivity index (χ1v) is 14.3. The van der Waals surface area contributed by atoms with E-state index in [1.165, 1.54) is 19.4 Å². The van der Waals surface area contributed by atoms with Crippen LogP contribution in [0.5, 0.6) is 5.75 Å². The lowest BCUT2D eigenvalue weighted by atomic mass is 10.1. The molecule has 0 unspecified atom stereocenters. The first-order chi connectivity index (χ1) is 22.5. The van der Waals surface area contributed by atoms with Crippen LogP contribution in [0, 0.1) is 0 Å². The van der Waals surface area contributed by atoms with Gasteiger partial charge in [0.25, 0.3) is 5.91 Å². The number of benzene rings is 1. The number of nitrogens with zero attached hydrogens (tertiary/aromatic N) is 5. The zero-order valence-electron chi connectivity index (χ0n) is 28.8. The molecule has 13 nitrogen and oxygen atoms in total. The van der Waals surface area contributed by atoms with Crippen molar-refractivity contribution in [3.63, 3.8) is 0 Å². The number of nitrogens with one attached hydrogen (secondary N) is 3. The normalized spacial score (nSPS) is 12.6. The number of carbonyl (C=O) groups excluding carboxylic acids is 2. The fraction of sp³-hybridized carbons (Fsp3) is 0.355.